The summed E-state index contributed by atoms with van der Waals surface area (Å²) < 4.78 is 20.3. The van der Waals surface area contributed by atoms with Crippen molar-refractivity contribution in [1.29, 1.82) is 0 Å². The molecule has 0 atom stereocenters. The largest absolute Gasteiger partial charge is 0.497 e. The summed E-state index contributed by atoms with van der Waals surface area (Å²) in [6.45, 7) is 2.14. The van der Waals surface area contributed by atoms with E-state index >= 15 is 0 Å². The van der Waals surface area contributed by atoms with Crippen LogP contribution in [0.3, 0.4) is 0 Å². The van der Waals surface area contributed by atoms with Gasteiger partial charge in [0.2, 0.25) is 0 Å². The third kappa shape index (κ3) is 3.73. The topological polar surface area (TPSA) is 59.9 Å². The quantitative estimate of drug-likeness (QED) is 0.538. The number of halogens is 1. The summed E-state index contributed by atoms with van der Waals surface area (Å²) in [6, 6.07) is 12.6. The highest BCUT2D eigenvalue weighted by molar-refractivity contribution is 7.16. The first-order valence-corrected chi connectivity index (χ1v) is 9.26. The first-order valence-electron chi connectivity index (χ1n) is 8.38. The van der Waals surface area contributed by atoms with Crippen molar-refractivity contribution in [3.05, 3.63) is 65.2 Å². The number of rotatable bonds is 5. The lowest BCUT2D eigenvalue weighted by Crippen LogP contribution is -2.05. The second-order valence-electron chi connectivity index (χ2n) is 6.03. The number of fused-ring (bicyclic) bond motifs is 1. The zero-order valence-electron chi connectivity index (χ0n) is 14.9. The van der Waals surface area contributed by atoms with Crippen molar-refractivity contribution in [2.24, 2.45) is 0 Å². The van der Waals surface area contributed by atoms with Crippen LogP contribution in [0.5, 0.6) is 5.75 Å². The van der Waals surface area contributed by atoms with Gasteiger partial charge in [0.15, 0.2) is 0 Å². The second-order valence-corrected chi connectivity index (χ2v) is 6.92. The van der Waals surface area contributed by atoms with Gasteiger partial charge in [-0.2, -0.15) is 0 Å². The molecule has 4 aromatic rings. The van der Waals surface area contributed by atoms with E-state index in [2.05, 4.69) is 26.3 Å². The number of thiazole rings is 1. The van der Waals surface area contributed by atoms with Crippen molar-refractivity contribution in [3.63, 3.8) is 0 Å². The highest BCUT2D eigenvalue weighted by Gasteiger charge is 2.09. The van der Waals surface area contributed by atoms with Gasteiger partial charge in [0.25, 0.3) is 0 Å². The third-order valence-electron chi connectivity index (χ3n) is 4.18. The minimum absolute atomic E-state index is 0.287. The highest BCUT2D eigenvalue weighted by Crippen LogP contribution is 2.26. The minimum Gasteiger partial charge on any atom is -0.497 e. The van der Waals surface area contributed by atoms with Crippen LogP contribution in [0.1, 0.15) is 11.4 Å². The Bertz CT molecular complexity index is 1110. The van der Waals surface area contributed by atoms with Gasteiger partial charge >= 0.3 is 0 Å². The number of methoxy groups -OCH3 is 1. The average Bonchev–Trinajstić information content (AvgIpc) is 3.15. The Hall–Kier alpha value is -3.06. The van der Waals surface area contributed by atoms with E-state index in [0.29, 0.717) is 29.5 Å². The van der Waals surface area contributed by atoms with Gasteiger partial charge in [-0.3, -0.25) is 0 Å². The van der Waals surface area contributed by atoms with Gasteiger partial charge in [-0.05, 0) is 37.3 Å². The molecule has 2 aromatic carbocycles. The summed E-state index contributed by atoms with van der Waals surface area (Å²) >= 11 is 1.59. The Morgan fingerprint density at radius 1 is 1.11 bits per heavy atom. The molecule has 136 valence electrons. The lowest BCUT2D eigenvalue weighted by Gasteiger charge is -2.10. The van der Waals surface area contributed by atoms with Crippen LogP contribution in [0.4, 0.5) is 10.2 Å². The molecule has 2 aromatic heterocycles. The summed E-state index contributed by atoms with van der Waals surface area (Å²) in [5.41, 5.74) is 5.12. The first kappa shape index (κ1) is 17.4. The van der Waals surface area contributed by atoms with Crippen molar-refractivity contribution < 1.29 is 9.13 Å². The fourth-order valence-electron chi connectivity index (χ4n) is 2.82. The first-order chi connectivity index (χ1) is 13.1. The number of nitrogens with one attached hydrogen (secondary N) is 1. The number of aryl methyl sites for hydroxylation is 1. The molecule has 0 aliphatic heterocycles. The van der Waals surface area contributed by atoms with Crippen LogP contribution in [0.15, 0.2) is 48.0 Å². The molecule has 0 saturated heterocycles. The SMILES string of the molecule is COc1ccc(F)c(CNc2cc(-c3ccc4ncsc4c3)nc(C)n2)c1. The number of hydrogen-bond acceptors (Lipinski definition) is 6. The van der Waals surface area contributed by atoms with E-state index in [1.54, 1.807) is 30.6 Å². The molecule has 1 N–H and O–H groups in total. The Morgan fingerprint density at radius 3 is 2.85 bits per heavy atom. The summed E-state index contributed by atoms with van der Waals surface area (Å²) in [5.74, 6) is 1.62. The van der Waals surface area contributed by atoms with Crippen LogP contribution in [0.25, 0.3) is 21.5 Å². The van der Waals surface area contributed by atoms with Crippen LogP contribution >= 0.6 is 11.3 Å². The molecule has 0 amide bonds. The molecule has 0 unspecified atom stereocenters. The molecule has 2 heterocycles. The van der Waals surface area contributed by atoms with E-state index < -0.39 is 0 Å². The van der Waals surface area contributed by atoms with Crippen molar-refractivity contribution in [2.75, 3.05) is 12.4 Å². The monoisotopic (exact) mass is 380 g/mol. The van der Waals surface area contributed by atoms with E-state index in [0.717, 1.165) is 21.5 Å². The Morgan fingerprint density at radius 2 is 2.00 bits per heavy atom. The normalized spacial score (nSPS) is 10.9. The van der Waals surface area contributed by atoms with Gasteiger partial charge in [-0.15, -0.1) is 11.3 Å². The van der Waals surface area contributed by atoms with Gasteiger partial charge in [0, 0.05) is 23.7 Å². The Balaban J connectivity index is 1.61. The van der Waals surface area contributed by atoms with Crippen LogP contribution in [-0.2, 0) is 6.54 Å². The molecule has 4 rings (SSSR count). The van der Waals surface area contributed by atoms with Gasteiger partial charge in [-0.25, -0.2) is 19.3 Å². The zero-order valence-corrected chi connectivity index (χ0v) is 15.7. The second kappa shape index (κ2) is 7.28. The molecule has 7 heteroatoms. The number of hydrogen-bond donors (Lipinski definition) is 1. The van der Waals surface area contributed by atoms with Crippen molar-refractivity contribution in [3.8, 4) is 17.0 Å². The number of nitrogens with zero attached hydrogens (tertiary/aromatic N) is 3. The summed E-state index contributed by atoms with van der Waals surface area (Å²) in [7, 11) is 1.56. The van der Waals surface area contributed by atoms with Crippen LogP contribution in [-0.4, -0.2) is 22.1 Å². The standard InChI is InChI=1S/C20H17FN4OS/c1-12-24-18(13-3-6-17-19(8-13)27-11-23-17)9-20(25-12)22-10-14-7-15(26-2)4-5-16(14)21/h3-9,11H,10H2,1-2H3,(H,22,24,25). The molecule has 0 radical (unpaired) electrons. The highest BCUT2D eigenvalue weighted by atomic mass is 32.1. The van der Waals surface area contributed by atoms with Crippen molar-refractivity contribution in [2.45, 2.75) is 13.5 Å². The molecule has 27 heavy (non-hydrogen) atoms. The van der Waals surface area contributed by atoms with Gasteiger partial charge in [-0.1, -0.05) is 6.07 Å². The smallest absolute Gasteiger partial charge is 0.130 e. The minimum atomic E-state index is -0.287. The Labute approximate surface area is 159 Å². The lowest BCUT2D eigenvalue weighted by molar-refractivity contribution is 0.413. The third-order valence-corrected chi connectivity index (χ3v) is 4.97. The van der Waals surface area contributed by atoms with Crippen molar-refractivity contribution >= 4 is 27.4 Å². The predicted octanol–water partition coefficient (Wildman–Crippen LogP) is 4.82. The molecule has 0 fully saturated rings. The van der Waals surface area contributed by atoms with E-state index in [1.165, 1.54) is 6.07 Å². The van der Waals surface area contributed by atoms with Gasteiger partial charge in [0.05, 0.1) is 28.5 Å². The van der Waals surface area contributed by atoms with Crippen LogP contribution < -0.4 is 10.1 Å². The van der Waals surface area contributed by atoms with E-state index in [1.807, 2.05) is 30.6 Å². The molecule has 0 spiro atoms. The van der Waals surface area contributed by atoms with Gasteiger partial charge in [0.1, 0.15) is 23.2 Å². The zero-order chi connectivity index (χ0) is 18.8. The predicted molar refractivity (Wildman–Crippen MR) is 106 cm³/mol. The van der Waals surface area contributed by atoms with E-state index in [9.17, 15) is 4.39 Å². The molecule has 5 nitrogen and oxygen atoms in total. The maximum atomic E-state index is 14.0. The van der Waals surface area contributed by atoms with Crippen LogP contribution in [0, 0.1) is 12.7 Å². The van der Waals surface area contributed by atoms with Crippen molar-refractivity contribution in [1.82, 2.24) is 15.0 Å². The number of ether oxygens (including phenoxy) is 1. The summed E-state index contributed by atoms with van der Waals surface area (Å²) in [5, 5.41) is 3.18. The fraction of sp³-hybridized carbons (Fsp3) is 0.150. The van der Waals surface area contributed by atoms with E-state index in [-0.39, 0.29) is 5.82 Å². The Kier molecular flexibility index (Phi) is 4.68. The van der Waals surface area contributed by atoms with Gasteiger partial charge < -0.3 is 10.1 Å². The number of benzene rings is 2. The number of anilines is 1. The summed E-state index contributed by atoms with van der Waals surface area (Å²) in [6.07, 6.45) is 0. The fourth-order valence-corrected chi connectivity index (χ4v) is 3.54. The summed E-state index contributed by atoms with van der Waals surface area (Å²) in [4.78, 5) is 13.2. The van der Waals surface area contributed by atoms with Crippen LogP contribution in [0.2, 0.25) is 0 Å². The molecule has 0 saturated carbocycles. The number of aromatic nitrogens is 3. The molecule has 0 aliphatic rings. The molecular formula is C20H17FN4OS. The molecular weight excluding hydrogens is 363 g/mol. The molecule has 0 aliphatic carbocycles. The lowest BCUT2D eigenvalue weighted by atomic mass is 10.1. The van der Waals surface area contributed by atoms with E-state index in [4.69, 9.17) is 4.74 Å². The maximum Gasteiger partial charge on any atom is 0.130 e. The molecule has 0 bridgehead atoms. The maximum absolute atomic E-state index is 14.0. The average molecular weight is 380 g/mol.